The number of carbonyl (C=O) groups is 1. The van der Waals surface area contributed by atoms with E-state index in [2.05, 4.69) is 27.7 Å². The Kier molecular flexibility index (Phi) is 18.6. The predicted octanol–water partition coefficient (Wildman–Crippen LogP) is -4.24. The van der Waals surface area contributed by atoms with Crippen molar-refractivity contribution in [3.63, 3.8) is 0 Å². The zero-order chi connectivity index (χ0) is 59.5. The summed E-state index contributed by atoms with van der Waals surface area (Å²) in [4.78, 5) is 14.7. The van der Waals surface area contributed by atoms with Gasteiger partial charge in [-0.15, -0.1) is 0 Å². The smallest absolute Gasteiger partial charge is 0.187 e. The summed E-state index contributed by atoms with van der Waals surface area (Å²) in [5.41, 5.74) is -0.636. The van der Waals surface area contributed by atoms with Crippen LogP contribution in [0.15, 0.2) is 0 Å². The zero-order valence-electron chi connectivity index (χ0n) is 47.5. The third-order valence-corrected chi connectivity index (χ3v) is 21.9. The average Bonchev–Trinajstić information content (AvgIpc) is 3.01. The van der Waals surface area contributed by atoms with Crippen molar-refractivity contribution in [1.29, 1.82) is 0 Å². The number of rotatable bonds is 13. The van der Waals surface area contributed by atoms with Gasteiger partial charge in [-0.3, -0.25) is 4.79 Å². The molecule has 1 spiro atoms. The fourth-order valence-corrected chi connectivity index (χ4v) is 17.0. The Balaban J connectivity index is 0.732. The van der Waals surface area contributed by atoms with Gasteiger partial charge in [0.1, 0.15) is 116 Å². The quantitative estimate of drug-likeness (QED) is 0.0777. The van der Waals surface area contributed by atoms with Gasteiger partial charge in [-0.1, -0.05) is 27.7 Å². The first-order valence-electron chi connectivity index (χ1n) is 30.1. The van der Waals surface area contributed by atoms with Crippen LogP contribution in [-0.4, -0.2) is 276 Å². The number of hydrogen-bond acceptors (Lipinski definition) is 27. The van der Waals surface area contributed by atoms with E-state index in [0.29, 0.717) is 43.5 Å². The predicted molar refractivity (Wildman–Crippen MR) is 274 cm³/mol. The maximum Gasteiger partial charge on any atom is 0.187 e. The number of ketones is 1. The van der Waals surface area contributed by atoms with Gasteiger partial charge in [-0.05, 0) is 86.9 Å². The van der Waals surface area contributed by atoms with Gasteiger partial charge in [-0.2, -0.15) is 0 Å². The second-order valence-corrected chi connectivity index (χ2v) is 26.5. The first-order valence-corrected chi connectivity index (χ1v) is 30.1. The molecule has 4 aliphatic carbocycles. The highest BCUT2D eigenvalue weighted by molar-refractivity contribution is 5.87. The van der Waals surface area contributed by atoms with E-state index in [1.165, 1.54) is 6.92 Å². The van der Waals surface area contributed by atoms with Crippen molar-refractivity contribution in [2.75, 3.05) is 33.0 Å². The Morgan fingerprint density at radius 3 is 1.75 bits per heavy atom. The molecule has 27 heteroatoms. The van der Waals surface area contributed by atoms with E-state index in [1.54, 1.807) is 0 Å². The topological polar surface area (TPSA) is 411 Å². The van der Waals surface area contributed by atoms with Gasteiger partial charge in [0.15, 0.2) is 37.2 Å². The highest BCUT2D eigenvalue weighted by Crippen LogP contribution is 2.70. The maximum atomic E-state index is 14.7. The van der Waals surface area contributed by atoms with Crippen molar-refractivity contribution in [3.05, 3.63) is 0 Å². The second kappa shape index (κ2) is 24.4. The van der Waals surface area contributed by atoms with E-state index in [1.807, 2.05) is 0 Å². The third-order valence-electron chi connectivity index (χ3n) is 21.9. The lowest BCUT2D eigenvalue weighted by Crippen LogP contribution is -2.68. The molecule has 7 saturated heterocycles. The molecule has 83 heavy (non-hydrogen) atoms. The second-order valence-electron chi connectivity index (χ2n) is 26.5. The van der Waals surface area contributed by atoms with Crippen molar-refractivity contribution < 1.29 is 133 Å². The molecule has 476 valence electrons. The highest BCUT2D eigenvalue weighted by atomic mass is 16.8. The monoisotopic (exact) mass is 1190 g/mol. The van der Waals surface area contributed by atoms with Crippen LogP contribution in [0.25, 0.3) is 0 Å². The van der Waals surface area contributed by atoms with Crippen LogP contribution in [0, 0.1) is 52.3 Å². The summed E-state index contributed by atoms with van der Waals surface area (Å²) in [5.74, 6) is 1.36. The molecule has 7 aliphatic heterocycles. The molecule has 0 bridgehead atoms. The van der Waals surface area contributed by atoms with Gasteiger partial charge in [0.2, 0.25) is 0 Å². The van der Waals surface area contributed by atoms with Gasteiger partial charge in [0, 0.05) is 30.1 Å². The molecular formula is C56H90O27. The van der Waals surface area contributed by atoms with Crippen LogP contribution in [0.5, 0.6) is 0 Å². The van der Waals surface area contributed by atoms with Crippen LogP contribution in [-0.2, 0) is 61.6 Å². The summed E-state index contributed by atoms with van der Waals surface area (Å²) in [6.07, 6.45) is -35.7. The fourth-order valence-electron chi connectivity index (χ4n) is 17.0. The van der Waals surface area contributed by atoms with E-state index in [0.717, 1.165) is 38.5 Å². The van der Waals surface area contributed by atoms with E-state index in [9.17, 15) is 76.3 Å². The molecule has 11 rings (SSSR count). The number of Topliss-reactive ketones (excluding diaryl/α,β-unsaturated/α-hetero) is 1. The molecule has 1 unspecified atom stereocenters. The average molecular weight is 1200 g/mol. The summed E-state index contributed by atoms with van der Waals surface area (Å²) in [6.45, 7) is 7.71. The molecule has 27 nitrogen and oxygen atoms in total. The SMILES string of the molecule is C[C@@H]1CC[C@@]2(OC1)O[C@H]1CC3[C@@H]4CC[C@H]5C[C@@H](O[C@@H]6O[C@H](CO)[C@@H](O[C@@H]7O[C@H](CO)[C@@H](O[C@@H]8O[C@H](CO)[C@@H](O)[C@H](O[C@@H]9O[C@@H](C)[C@H](O)[C@@H](O)[C@H]9O)[C@H]8O[C@@H]8OC[C@@H](O)[C@H](O)[C@H]8O)[C@H](O)[C@H]7O)[C@H](O)[C@H]6O)CC[C@]5(C)[C@H]4CC(=O)[C@]3(C)[C@H]1[C@@H]2C. The Bertz CT molecular complexity index is 2210. The lowest BCUT2D eigenvalue weighted by Gasteiger charge is -2.60. The van der Waals surface area contributed by atoms with E-state index < -0.39 is 191 Å². The number of carbonyl (C=O) groups excluding carboxylic acids is 1. The molecule has 36 atom stereocenters. The number of hydrogen-bond donors (Lipinski definition) is 14. The van der Waals surface area contributed by atoms with Crippen LogP contribution in [0.3, 0.4) is 0 Å². The van der Waals surface area contributed by atoms with Crippen molar-refractivity contribution >= 4 is 5.78 Å². The van der Waals surface area contributed by atoms with Crippen LogP contribution < -0.4 is 0 Å². The molecule has 11 fully saturated rings. The standard InChI is InChI=1S/C56H90O27/c1-20-8-11-56(73-18-20)21(2)34-29(83-56)13-27-25-7-6-23-12-24(9-10-54(23,4)26(25)14-33(61)55(27,34)5)75-51-43(70)39(66)45(31(16-58)77-51)79-52-44(71)40(67)46(32(17-59)78-52)80-53-48(82-49-41(68)36(63)28(60)19-72-49)47(37(64)30(15-57)76-53)81-50-42(69)38(65)35(62)22(3)74-50/h20-32,34-53,57-60,62-71H,6-19H2,1-5H3/t20-,21+,22+,23+,24+,25-,26+,27?,28-,29+,30-,31-,32-,34+,35+,36+,37-,38-,39-,40-,41-,42-,43-,44-,45-,46-,47+,48-,49+,50+,51-,52+,53+,54+,55-,56-/m1/s1. The molecule has 7 heterocycles. The molecule has 11 aliphatic rings. The van der Waals surface area contributed by atoms with E-state index in [4.69, 9.17) is 56.8 Å². The minimum atomic E-state index is -2.10. The Labute approximate surface area is 480 Å². The van der Waals surface area contributed by atoms with Gasteiger partial charge >= 0.3 is 0 Å². The minimum Gasteiger partial charge on any atom is -0.394 e. The first kappa shape index (κ1) is 63.2. The van der Waals surface area contributed by atoms with Crippen LogP contribution in [0.1, 0.15) is 92.4 Å². The molecular weight excluding hydrogens is 1100 g/mol. The number of ether oxygens (including phenoxy) is 12. The van der Waals surface area contributed by atoms with Crippen molar-refractivity contribution in [2.24, 2.45) is 52.3 Å². The van der Waals surface area contributed by atoms with E-state index in [-0.39, 0.29) is 41.1 Å². The summed E-state index contributed by atoms with van der Waals surface area (Å²) >= 11 is 0. The number of aliphatic hydroxyl groups is 14. The lowest BCUT2D eigenvalue weighted by molar-refractivity contribution is -0.405. The van der Waals surface area contributed by atoms with Gasteiger partial charge in [-0.25, -0.2) is 0 Å². The summed E-state index contributed by atoms with van der Waals surface area (Å²) < 4.78 is 72.9. The Morgan fingerprint density at radius 2 is 1.11 bits per heavy atom. The summed E-state index contributed by atoms with van der Waals surface area (Å²) in [6, 6.07) is 0. The molecule has 0 aromatic rings. The molecule has 0 amide bonds. The minimum absolute atomic E-state index is 0.0172. The van der Waals surface area contributed by atoms with Gasteiger partial charge < -0.3 is 128 Å². The summed E-state index contributed by atoms with van der Waals surface area (Å²) in [7, 11) is 0. The summed E-state index contributed by atoms with van der Waals surface area (Å²) in [5, 5.41) is 153. The largest absolute Gasteiger partial charge is 0.394 e. The lowest BCUT2D eigenvalue weighted by atomic mass is 9.44. The van der Waals surface area contributed by atoms with Crippen molar-refractivity contribution in [3.8, 4) is 0 Å². The van der Waals surface area contributed by atoms with Crippen molar-refractivity contribution in [1.82, 2.24) is 0 Å². The highest BCUT2D eigenvalue weighted by Gasteiger charge is 2.72. The Morgan fingerprint density at radius 1 is 0.530 bits per heavy atom. The fraction of sp³-hybridized carbons (Fsp3) is 0.982. The van der Waals surface area contributed by atoms with Gasteiger partial charge in [0.05, 0.1) is 51.3 Å². The van der Waals surface area contributed by atoms with Crippen LogP contribution in [0.4, 0.5) is 0 Å². The molecule has 14 N–H and O–H groups in total. The number of aliphatic hydroxyl groups excluding tert-OH is 14. The normalized spacial score (nSPS) is 57.4. The zero-order valence-corrected chi connectivity index (χ0v) is 47.5. The third kappa shape index (κ3) is 10.9. The number of fused-ring (bicyclic) bond motifs is 7. The first-order chi connectivity index (χ1) is 39.4. The van der Waals surface area contributed by atoms with Crippen molar-refractivity contribution in [2.45, 2.75) is 258 Å². The van der Waals surface area contributed by atoms with Crippen LogP contribution >= 0.6 is 0 Å². The maximum absolute atomic E-state index is 14.7. The van der Waals surface area contributed by atoms with E-state index >= 15 is 0 Å². The van der Waals surface area contributed by atoms with Crippen LogP contribution in [0.2, 0.25) is 0 Å². The van der Waals surface area contributed by atoms with Gasteiger partial charge in [0.25, 0.3) is 0 Å². The molecule has 0 aromatic heterocycles. The molecule has 0 aromatic carbocycles. The molecule has 0 radical (unpaired) electrons. The Hall–Kier alpha value is -1.37. The molecule has 4 saturated carbocycles.